The van der Waals surface area contributed by atoms with Crippen LogP contribution in [0.15, 0.2) is 96.6 Å². The normalized spacial score (nSPS) is 13.9. The zero-order valence-electron chi connectivity index (χ0n) is 15.3. The number of rotatable bonds is 4. The summed E-state index contributed by atoms with van der Waals surface area (Å²) < 4.78 is 0. The number of allylic oxidation sites excluding steroid dienone is 4. The Bertz CT molecular complexity index is 924. The third-order valence-electron chi connectivity index (χ3n) is 5.15. The quantitative estimate of drug-likeness (QED) is 0.481. The van der Waals surface area contributed by atoms with E-state index in [4.69, 9.17) is 0 Å². The molecule has 0 heteroatoms. The summed E-state index contributed by atoms with van der Waals surface area (Å²) in [5.41, 5.74) is 9.59. The van der Waals surface area contributed by atoms with E-state index in [1.807, 2.05) is 0 Å². The number of hydrogen-bond acceptors (Lipinski definition) is 0. The van der Waals surface area contributed by atoms with Gasteiger partial charge in [0.25, 0.3) is 0 Å². The monoisotopic (exact) mass is 336 g/mol. The maximum atomic E-state index is 2.32. The van der Waals surface area contributed by atoms with Gasteiger partial charge in [0.15, 0.2) is 0 Å². The molecule has 0 amide bonds. The van der Waals surface area contributed by atoms with Crippen molar-refractivity contribution >= 4 is 5.57 Å². The molecule has 0 bridgehead atoms. The lowest BCUT2D eigenvalue weighted by atomic mass is 9.90. The summed E-state index contributed by atoms with van der Waals surface area (Å²) in [4.78, 5) is 0. The summed E-state index contributed by atoms with van der Waals surface area (Å²) >= 11 is 0. The molecule has 0 fully saturated rings. The van der Waals surface area contributed by atoms with Crippen molar-refractivity contribution in [2.45, 2.75) is 26.2 Å². The molecule has 1 aliphatic carbocycles. The topological polar surface area (TPSA) is 0 Å². The molecule has 0 aliphatic heterocycles. The molecule has 0 unspecified atom stereocenters. The Kier molecular flexibility index (Phi) is 4.84. The van der Waals surface area contributed by atoms with Gasteiger partial charge in [-0.15, -0.1) is 0 Å². The molecule has 3 aromatic rings. The lowest BCUT2D eigenvalue weighted by Gasteiger charge is -2.15. The molecule has 0 spiro atoms. The van der Waals surface area contributed by atoms with E-state index < -0.39 is 0 Å². The van der Waals surface area contributed by atoms with E-state index in [-0.39, 0.29) is 0 Å². The fourth-order valence-electron chi connectivity index (χ4n) is 3.54. The molecule has 4 rings (SSSR count). The Morgan fingerprint density at radius 3 is 1.88 bits per heavy atom. The van der Waals surface area contributed by atoms with Gasteiger partial charge in [-0.25, -0.2) is 0 Å². The van der Waals surface area contributed by atoms with Gasteiger partial charge in [0, 0.05) is 0 Å². The van der Waals surface area contributed by atoms with E-state index in [1.165, 1.54) is 39.0 Å². The fraction of sp³-hybridized carbons (Fsp3) is 0.154. The van der Waals surface area contributed by atoms with Crippen LogP contribution >= 0.6 is 0 Å². The van der Waals surface area contributed by atoms with E-state index in [2.05, 4.69) is 97.9 Å². The summed E-state index contributed by atoms with van der Waals surface area (Å²) in [6.45, 7) is 2.13. The average Bonchev–Trinajstić information content (AvgIpc) is 2.71. The Morgan fingerprint density at radius 2 is 1.27 bits per heavy atom. The largest absolute Gasteiger partial charge is 0.0655 e. The van der Waals surface area contributed by atoms with Gasteiger partial charge in [-0.2, -0.15) is 0 Å². The first-order chi connectivity index (χ1) is 12.8. The van der Waals surface area contributed by atoms with Crippen LogP contribution in [0, 0.1) is 6.92 Å². The summed E-state index contributed by atoms with van der Waals surface area (Å²) in [7, 11) is 0. The van der Waals surface area contributed by atoms with Crippen LogP contribution in [-0.2, 0) is 6.42 Å². The second-order valence-corrected chi connectivity index (χ2v) is 7.12. The van der Waals surface area contributed by atoms with Gasteiger partial charge in [0.05, 0.1) is 0 Å². The van der Waals surface area contributed by atoms with Gasteiger partial charge >= 0.3 is 0 Å². The second kappa shape index (κ2) is 7.58. The molecule has 128 valence electrons. The highest BCUT2D eigenvalue weighted by atomic mass is 14.1. The third kappa shape index (κ3) is 3.86. The van der Waals surface area contributed by atoms with Gasteiger partial charge < -0.3 is 0 Å². The van der Waals surface area contributed by atoms with E-state index in [9.17, 15) is 0 Å². The van der Waals surface area contributed by atoms with Gasteiger partial charge in [0.1, 0.15) is 0 Å². The van der Waals surface area contributed by atoms with Crippen LogP contribution in [-0.4, -0.2) is 0 Å². The smallest absolute Gasteiger partial charge is 0.00639 e. The van der Waals surface area contributed by atoms with E-state index in [1.54, 1.807) is 0 Å². The molecule has 0 saturated carbocycles. The van der Waals surface area contributed by atoms with Crippen molar-refractivity contribution in [3.8, 4) is 11.1 Å². The molecule has 26 heavy (non-hydrogen) atoms. The molecule has 1 aliphatic rings. The molecule has 0 radical (unpaired) electrons. The van der Waals surface area contributed by atoms with Crippen LogP contribution in [0.25, 0.3) is 16.7 Å². The number of hydrogen-bond donors (Lipinski definition) is 0. The highest BCUT2D eigenvalue weighted by Gasteiger charge is 2.09. The first kappa shape index (κ1) is 16.6. The summed E-state index contributed by atoms with van der Waals surface area (Å²) in [6.07, 6.45) is 7.96. The molecular weight excluding hydrogens is 312 g/mol. The van der Waals surface area contributed by atoms with Crippen LogP contribution in [0.3, 0.4) is 0 Å². The number of aryl methyl sites for hydroxylation is 1. The third-order valence-corrected chi connectivity index (χ3v) is 5.15. The molecule has 0 nitrogen and oxygen atoms in total. The van der Waals surface area contributed by atoms with Crippen LogP contribution < -0.4 is 0 Å². The van der Waals surface area contributed by atoms with Gasteiger partial charge in [-0.3, -0.25) is 0 Å². The van der Waals surface area contributed by atoms with Crippen molar-refractivity contribution < 1.29 is 0 Å². The van der Waals surface area contributed by atoms with Crippen LogP contribution in [0.1, 0.15) is 29.5 Å². The fourth-order valence-corrected chi connectivity index (χ4v) is 3.54. The zero-order chi connectivity index (χ0) is 17.8. The van der Waals surface area contributed by atoms with E-state index >= 15 is 0 Å². The predicted octanol–water partition coefficient (Wildman–Crippen LogP) is 7.01. The molecule has 0 atom stereocenters. The van der Waals surface area contributed by atoms with Crippen molar-refractivity contribution in [2.24, 2.45) is 0 Å². The predicted molar refractivity (Wildman–Crippen MR) is 112 cm³/mol. The first-order valence-electron chi connectivity index (χ1n) is 9.38. The van der Waals surface area contributed by atoms with E-state index in [0.29, 0.717) is 0 Å². The van der Waals surface area contributed by atoms with Gasteiger partial charge in [0.2, 0.25) is 0 Å². The number of benzene rings is 3. The molecule has 3 aromatic carbocycles. The Morgan fingerprint density at radius 1 is 0.615 bits per heavy atom. The summed E-state index contributed by atoms with van der Waals surface area (Å²) in [6, 6.07) is 28.5. The van der Waals surface area contributed by atoms with Crippen molar-refractivity contribution in [2.75, 3.05) is 0 Å². The molecule has 0 aromatic heterocycles. The molecule has 0 N–H and O–H groups in total. The van der Waals surface area contributed by atoms with Crippen LogP contribution in [0.2, 0.25) is 0 Å². The Hall–Kier alpha value is -2.86. The van der Waals surface area contributed by atoms with Crippen LogP contribution in [0.5, 0.6) is 0 Å². The lowest BCUT2D eigenvalue weighted by molar-refractivity contribution is 0.923. The van der Waals surface area contributed by atoms with Crippen LogP contribution in [0.4, 0.5) is 0 Å². The zero-order valence-corrected chi connectivity index (χ0v) is 15.3. The molecule has 0 saturated heterocycles. The highest BCUT2D eigenvalue weighted by molar-refractivity contribution is 5.69. The lowest BCUT2D eigenvalue weighted by Crippen LogP contribution is -1.97. The second-order valence-electron chi connectivity index (χ2n) is 7.12. The summed E-state index contributed by atoms with van der Waals surface area (Å²) in [5, 5.41) is 0. The Balaban J connectivity index is 1.45. The maximum absolute atomic E-state index is 2.32. The van der Waals surface area contributed by atoms with Crippen molar-refractivity contribution in [1.29, 1.82) is 0 Å². The van der Waals surface area contributed by atoms with Crippen molar-refractivity contribution in [3.05, 3.63) is 113 Å². The minimum Gasteiger partial charge on any atom is -0.0655 e. The van der Waals surface area contributed by atoms with Gasteiger partial charge in [-0.05, 0) is 54.0 Å². The molecule has 0 heterocycles. The standard InChI is InChI=1S/C26H24/c1-20-7-13-24(14-8-20)26-17-11-22(12-18-26)19-21-9-15-25(16-10-21)23-5-3-2-4-6-23/h2-9,11-15,17-18H,10,16,19H2,1H3. The van der Waals surface area contributed by atoms with Crippen molar-refractivity contribution in [3.63, 3.8) is 0 Å². The Labute approximate surface area is 156 Å². The minimum absolute atomic E-state index is 1.05. The minimum atomic E-state index is 1.05. The van der Waals surface area contributed by atoms with E-state index in [0.717, 1.165) is 19.3 Å². The van der Waals surface area contributed by atoms with Crippen molar-refractivity contribution in [1.82, 2.24) is 0 Å². The highest BCUT2D eigenvalue weighted by Crippen LogP contribution is 2.28. The average molecular weight is 336 g/mol. The maximum Gasteiger partial charge on any atom is -0.00639 e. The van der Waals surface area contributed by atoms with Gasteiger partial charge in [-0.1, -0.05) is 102 Å². The molecular formula is C26H24. The summed E-state index contributed by atoms with van der Waals surface area (Å²) in [5.74, 6) is 0. The first-order valence-corrected chi connectivity index (χ1v) is 9.38. The SMILES string of the molecule is Cc1ccc(-c2ccc(CC3=CC=C(c4ccccc4)CC3)cc2)cc1.